The van der Waals surface area contributed by atoms with Crippen LogP contribution in [-0.2, 0) is 6.42 Å². The van der Waals surface area contributed by atoms with Crippen LogP contribution in [0.4, 0.5) is 0 Å². The standard InChI is InChI=1S/C12H17NO.ClH/c1-4-10-7-5-6-8-11(10)12(14)9(2)13-3;/h5-9,13H,4H2,1-3H3;1H. The van der Waals surface area contributed by atoms with Crippen LogP contribution in [0.3, 0.4) is 0 Å². The maximum atomic E-state index is 11.9. The molecule has 0 aliphatic carbocycles. The number of Topliss-reactive ketones (excluding diaryl/α,β-unsaturated/α-hetero) is 1. The number of hydrogen-bond donors (Lipinski definition) is 1. The molecular formula is C12H18ClNO. The Bertz CT molecular complexity index is 325. The van der Waals surface area contributed by atoms with Crippen molar-refractivity contribution >= 4 is 18.2 Å². The number of carbonyl (C=O) groups excluding carboxylic acids is 1. The normalized spacial score (nSPS) is 11.7. The highest BCUT2D eigenvalue weighted by Crippen LogP contribution is 2.11. The van der Waals surface area contributed by atoms with Gasteiger partial charge in [-0.2, -0.15) is 0 Å². The monoisotopic (exact) mass is 227 g/mol. The molecule has 1 aromatic rings. The van der Waals surface area contributed by atoms with Crippen molar-refractivity contribution in [3.05, 3.63) is 35.4 Å². The number of halogens is 1. The van der Waals surface area contributed by atoms with Crippen molar-refractivity contribution in [2.75, 3.05) is 7.05 Å². The van der Waals surface area contributed by atoms with Crippen LogP contribution in [0.2, 0.25) is 0 Å². The minimum absolute atomic E-state index is 0. The van der Waals surface area contributed by atoms with E-state index in [4.69, 9.17) is 0 Å². The molecule has 1 rings (SSSR count). The smallest absolute Gasteiger partial charge is 0.179 e. The quantitative estimate of drug-likeness (QED) is 0.801. The zero-order chi connectivity index (χ0) is 10.6. The van der Waals surface area contributed by atoms with Gasteiger partial charge in [0.2, 0.25) is 0 Å². The van der Waals surface area contributed by atoms with Gasteiger partial charge < -0.3 is 5.32 Å². The van der Waals surface area contributed by atoms with E-state index in [1.165, 1.54) is 0 Å². The van der Waals surface area contributed by atoms with Crippen molar-refractivity contribution < 1.29 is 4.79 Å². The molecule has 0 aliphatic heterocycles. The first-order chi connectivity index (χ1) is 6.70. The van der Waals surface area contributed by atoms with Gasteiger partial charge in [-0.25, -0.2) is 0 Å². The minimum atomic E-state index is -0.109. The predicted molar refractivity (Wildman–Crippen MR) is 65.9 cm³/mol. The zero-order valence-electron chi connectivity index (χ0n) is 9.41. The fraction of sp³-hybridized carbons (Fsp3) is 0.417. The van der Waals surface area contributed by atoms with Crippen molar-refractivity contribution in [2.24, 2.45) is 0 Å². The van der Waals surface area contributed by atoms with Crippen molar-refractivity contribution in [3.63, 3.8) is 0 Å². The molecule has 0 radical (unpaired) electrons. The molecule has 0 spiro atoms. The van der Waals surface area contributed by atoms with Gasteiger partial charge in [0.05, 0.1) is 6.04 Å². The van der Waals surface area contributed by atoms with E-state index >= 15 is 0 Å². The van der Waals surface area contributed by atoms with Crippen LogP contribution in [0.25, 0.3) is 0 Å². The maximum Gasteiger partial charge on any atom is 0.179 e. The summed E-state index contributed by atoms with van der Waals surface area (Å²) in [5.74, 6) is 0.171. The molecule has 1 atom stereocenters. The van der Waals surface area contributed by atoms with E-state index in [9.17, 15) is 4.79 Å². The van der Waals surface area contributed by atoms with Crippen LogP contribution in [0.15, 0.2) is 24.3 Å². The van der Waals surface area contributed by atoms with Crippen molar-refractivity contribution in [3.8, 4) is 0 Å². The molecule has 1 aromatic carbocycles. The van der Waals surface area contributed by atoms with Crippen LogP contribution in [0, 0.1) is 0 Å². The molecule has 0 amide bonds. The summed E-state index contributed by atoms with van der Waals surface area (Å²) in [6, 6.07) is 7.68. The number of aryl methyl sites for hydroxylation is 1. The van der Waals surface area contributed by atoms with Gasteiger partial charge in [-0.1, -0.05) is 31.2 Å². The van der Waals surface area contributed by atoms with Crippen LogP contribution >= 0.6 is 12.4 Å². The third-order valence-electron chi connectivity index (χ3n) is 2.49. The highest BCUT2D eigenvalue weighted by atomic mass is 35.5. The molecule has 0 aliphatic rings. The number of benzene rings is 1. The Morgan fingerprint density at radius 1 is 1.40 bits per heavy atom. The summed E-state index contributed by atoms with van der Waals surface area (Å²) >= 11 is 0. The molecule has 0 aromatic heterocycles. The topological polar surface area (TPSA) is 29.1 Å². The molecule has 0 heterocycles. The first kappa shape index (κ1) is 14.1. The van der Waals surface area contributed by atoms with Gasteiger partial charge in [0, 0.05) is 5.56 Å². The summed E-state index contributed by atoms with van der Waals surface area (Å²) in [6.07, 6.45) is 0.901. The van der Waals surface area contributed by atoms with Gasteiger partial charge in [0.1, 0.15) is 0 Å². The average molecular weight is 228 g/mol. The number of hydrogen-bond acceptors (Lipinski definition) is 2. The molecule has 1 unspecified atom stereocenters. The molecule has 3 heteroatoms. The number of rotatable bonds is 4. The lowest BCUT2D eigenvalue weighted by Crippen LogP contribution is -2.31. The number of carbonyl (C=O) groups is 1. The predicted octanol–water partition coefficient (Wildman–Crippen LogP) is 2.46. The largest absolute Gasteiger partial charge is 0.310 e. The van der Waals surface area contributed by atoms with Gasteiger partial charge >= 0.3 is 0 Å². The Hall–Kier alpha value is -0.860. The van der Waals surface area contributed by atoms with Crippen molar-refractivity contribution in [1.29, 1.82) is 0 Å². The van der Waals surface area contributed by atoms with Crippen molar-refractivity contribution in [2.45, 2.75) is 26.3 Å². The van der Waals surface area contributed by atoms with Gasteiger partial charge in [-0.3, -0.25) is 4.79 Å². The highest BCUT2D eigenvalue weighted by Gasteiger charge is 2.15. The fourth-order valence-corrected chi connectivity index (χ4v) is 1.43. The minimum Gasteiger partial charge on any atom is -0.310 e. The lowest BCUT2D eigenvalue weighted by Gasteiger charge is -2.11. The van der Waals surface area contributed by atoms with Crippen LogP contribution in [0.5, 0.6) is 0 Å². The Balaban J connectivity index is 0.00000196. The van der Waals surface area contributed by atoms with E-state index in [1.807, 2.05) is 31.2 Å². The second-order valence-electron chi connectivity index (χ2n) is 3.39. The van der Waals surface area contributed by atoms with Gasteiger partial charge in [0.15, 0.2) is 5.78 Å². The Kier molecular flexibility index (Phi) is 6.21. The van der Waals surface area contributed by atoms with E-state index in [1.54, 1.807) is 7.05 Å². The van der Waals surface area contributed by atoms with E-state index in [0.717, 1.165) is 17.5 Å². The van der Waals surface area contributed by atoms with Gasteiger partial charge in [-0.05, 0) is 26.0 Å². The van der Waals surface area contributed by atoms with Crippen molar-refractivity contribution in [1.82, 2.24) is 5.32 Å². The van der Waals surface area contributed by atoms with E-state index in [0.29, 0.717) is 0 Å². The molecule has 0 saturated carbocycles. The zero-order valence-corrected chi connectivity index (χ0v) is 10.2. The summed E-state index contributed by atoms with van der Waals surface area (Å²) in [7, 11) is 1.80. The number of ketones is 1. The Labute approximate surface area is 97.5 Å². The number of nitrogens with one attached hydrogen (secondary N) is 1. The summed E-state index contributed by atoms with van der Waals surface area (Å²) < 4.78 is 0. The van der Waals surface area contributed by atoms with Gasteiger partial charge in [0.25, 0.3) is 0 Å². The second-order valence-corrected chi connectivity index (χ2v) is 3.39. The highest BCUT2D eigenvalue weighted by molar-refractivity contribution is 6.01. The molecule has 15 heavy (non-hydrogen) atoms. The second kappa shape index (κ2) is 6.59. The summed E-state index contributed by atoms with van der Waals surface area (Å²) in [5.41, 5.74) is 1.97. The summed E-state index contributed by atoms with van der Waals surface area (Å²) in [5, 5.41) is 2.96. The first-order valence-electron chi connectivity index (χ1n) is 5.00. The van der Waals surface area contributed by atoms with E-state index in [2.05, 4.69) is 12.2 Å². The third-order valence-corrected chi connectivity index (χ3v) is 2.49. The van der Waals surface area contributed by atoms with E-state index < -0.39 is 0 Å². The summed E-state index contributed by atoms with van der Waals surface area (Å²) in [6.45, 7) is 3.95. The molecule has 1 N–H and O–H groups in total. The van der Waals surface area contributed by atoms with Crippen LogP contribution in [0.1, 0.15) is 29.8 Å². The SMILES string of the molecule is CCc1ccccc1C(=O)C(C)NC.Cl. The lowest BCUT2D eigenvalue weighted by molar-refractivity contribution is 0.0954. The molecule has 0 saturated heterocycles. The lowest BCUT2D eigenvalue weighted by atomic mass is 9.98. The summed E-state index contributed by atoms with van der Waals surface area (Å²) in [4.78, 5) is 11.9. The van der Waals surface area contributed by atoms with Crippen LogP contribution in [-0.4, -0.2) is 18.9 Å². The molecule has 0 fully saturated rings. The molecule has 2 nitrogen and oxygen atoms in total. The van der Waals surface area contributed by atoms with Gasteiger partial charge in [-0.15, -0.1) is 12.4 Å². The molecule has 0 bridgehead atoms. The Morgan fingerprint density at radius 2 is 2.00 bits per heavy atom. The third kappa shape index (κ3) is 3.33. The van der Waals surface area contributed by atoms with E-state index in [-0.39, 0.29) is 24.2 Å². The fourth-order valence-electron chi connectivity index (χ4n) is 1.43. The Morgan fingerprint density at radius 3 is 2.53 bits per heavy atom. The number of likely N-dealkylation sites (N-methyl/N-ethyl adjacent to an activating group) is 1. The molecule has 84 valence electrons. The average Bonchev–Trinajstić information content (AvgIpc) is 2.26. The van der Waals surface area contributed by atoms with Crippen LogP contribution < -0.4 is 5.32 Å². The molecular weight excluding hydrogens is 210 g/mol. The maximum absolute atomic E-state index is 11.9. The first-order valence-corrected chi connectivity index (χ1v) is 5.00.